The number of amides is 1. The molecule has 0 spiro atoms. The van der Waals surface area contributed by atoms with Gasteiger partial charge in [0.25, 0.3) is 10.1 Å². The number of cyclic esters (lactones) is 1. The summed E-state index contributed by atoms with van der Waals surface area (Å²) in [5.74, 6) is 0.658. The highest BCUT2D eigenvalue weighted by atomic mass is 32.2. The van der Waals surface area contributed by atoms with Gasteiger partial charge in [0.15, 0.2) is 0 Å². The third-order valence-corrected chi connectivity index (χ3v) is 3.35. The van der Waals surface area contributed by atoms with Gasteiger partial charge in [-0.25, -0.2) is 4.79 Å². The standard InChI is InChI=1S/C12H15NO6S/c1-17-11-5-3-9(4-6-11)13-10(7-18-12(13)14)8-19-20(2,15)16/h3-6,10H,7-8H2,1-2H3/t10-/m0/s1. The zero-order chi connectivity index (χ0) is 14.8. The highest BCUT2D eigenvalue weighted by Gasteiger charge is 2.35. The summed E-state index contributed by atoms with van der Waals surface area (Å²) >= 11 is 0. The summed E-state index contributed by atoms with van der Waals surface area (Å²) in [5, 5.41) is 0. The minimum Gasteiger partial charge on any atom is -0.497 e. The summed E-state index contributed by atoms with van der Waals surface area (Å²) in [4.78, 5) is 13.1. The summed E-state index contributed by atoms with van der Waals surface area (Å²) in [7, 11) is -2.02. The van der Waals surface area contributed by atoms with Crippen molar-refractivity contribution in [3.8, 4) is 5.75 Å². The van der Waals surface area contributed by atoms with Crippen molar-refractivity contribution in [2.45, 2.75) is 6.04 Å². The Hall–Kier alpha value is -1.80. The molecule has 0 radical (unpaired) electrons. The van der Waals surface area contributed by atoms with Crippen LogP contribution < -0.4 is 9.64 Å². The van der Waals surface area contributed by atoms with E-state index in [-0.39, 0.29) is 13.2 Å². The van der Waals surface area contributed by atoms with Gasteiger partial charge in [0, 0.05) is 5.69 Å². The molecule has 1 heterocycles. The summed E-state index contributed by atoms with van der Waals surface area (Å²) in [6.07, 6.45) is 0.430. The first-order chi connectivity index (χ1) is 9.40. The van der Waals surface area contributed by atoms with Crippen LogP contribution in [0.1, 0.15) is 0 Å². The number of rotatable bonds is 5. The molecule has 110 valence electrons. The number of benzene rings is 1. The van der Waals surface area contributed by atoms with Crippen LogP contribution in [0.2, 0.25) is 0 Å². The van der Waals surface area contributed by atoms with E-state index in [1.165, 1.54) is 4.90 Å². The number of hydrogen-bond acceptors (Lipinski definition) is 6. The maximum absolute atomic E-state index is 11.7. The topological polar surface area (TPSA) is 82.1 Å². The van der Waals surface area contributed by atoms with Crippen molar-refractivity contribution in [1.82, 2.24) is 0 Å². The van der Waals surface area contributed by atoms with E-state index in [2.05, 4.69) is 0 Å². The fourth-order valence-corrected chi connectivity index (χ4v) is 2.25. The quantitative estimate of drug-likeness (QED) is 0.755. The van der Waals surface area contributed by atoms with Crippen LogP contribution in [-0.2, 0) is 19.0 Å². The molecule has 0 unspecified atom stereocenters. The van der Waals surface area contributed by atoms with E-state index in [4.69, 9.17) is 13.7 Å². The maximum Gasteiger partial charge on any atom is 0.414 e. The lowest BCUT2D eigenvalue weighted by atomic mass is 10.2. The molecular formula is C12H15NO6S. The lowest BCUT2D eigenvalue weighted by Crippen LogP contribution is -2.37. The molecule has 1 aromatic rings. The van der Waals surface area contributed by atoms with Gasteiger partial charge in [-0.05, 0) is 24.3 Å². The predicted octanol–water partition coefficient (Wildman–Crippen LogP) is 0.997. The van der Waals surface area contributed by atoms with Gasteiger partial charge >= 0.3 is 6.09 Å². The van der Waals surface area contributed by atoms with Gasteiger partial charge in [-0.1, -0.05) is 0 Å². The molecule has 2 rings (SSSR count). The second-order valence-electron chi connectivity index (χ2n) is 4.29. The molecule has 1 fully saturated rings. The van der Waals surface area contributed by atoms with Gasteiger partial charge in [0.05, 0.1) is 26.0 Å². The number of carbonyl (C=O) groups excluding carboxylic acids is 1. The van der Waals surface area contributed by atoms with E-state index >= 15 is 0 Å². The van der Waals surface area contributed by atoms with Gasteiger partial charge < -0.3 is 9.47 Å². The molecule has 1 saturated heterocycles. The van der Waals surface area contributed by atoms with E-state index in [0.717, 1.165) is 6.26 Å². The van der Waals surface area contributed by atoms with Crippen LogP contribution in [-0.4, -0.2) is 47.1 Å². The fraction of sp³-hybridized carbons (Fsp3) is 0.417. The molecule has 0 N–H and O–H groups in total. The van der Waals surface area contributed by atoms with Gasteiger partial charge in [0.2, 0.25) is 0 Å². The molecule has 0 saturated carbocycles. The average molecular weight is 301 g/mol. The third-order valence-electron chi connectivity index (χ3n) is 2.79. The Morgan fingerprint density at radius 3 is 2.55 bits per heavy atom. The van der Waals surface area contributed by atoms with Crippen LogP contribution in [0.15, 0.2) is 24.3 Å². The number of carbonyl (C=O) groups is 1. The Kier molecular flexibility index (Phi) is 4.15. The van der Waals surface area contributed by atoms with Crippen molar-refractivity contribution in [2.75, 3.05) is 31.5 Å². The first-order valence-electron chi connectivity index (χ1n) is 5.85. The highest BCUT2D eigenvalue weighted by Crippen LogP contribution is 2.25. The molecule has 0 aliphatic carbocycles. The van der Waals surface area contributed by atoms with Gasteiger partial charge in [-0.2, -0.15) is 8.42 Å². The largest absolute Gasteiger partial charge is 0.497 e. The van der Waals surface area contributed by atoms with Crippen LogP contribution in [0, 0.1) is 0 Å². The SMILES string of the molecule is COc1ccc(N2C(=O)OC[C@H]2COS(C)(=O)=O)cc1. The average Bonchev–Trinajstić information content (AvgIpc) is 2.77. The first-order valence-corrected chi connectivity index (χ1v) is 7.67. The van der Waals surface area contributed by atoms with Crippen LogP contribution in [0.25, 0.3) is 0 Å². The molecule has 0 aromatic heterocycles. The molecule has 1 aromatic carbocycles. The van der Waals surface area contributed by atoms with Gasteiger partial charge in [0.1, 0.15) is 12.4 Å². The summed E-state index contributed by atoms with van der Waals surface area (Å²) in [5.41, 5.74) is 0.593. The van der Waals surface area contributed by atoms with E-state index in [9.17, 15) is 13.2 Å². The molecule has 1 aliphatic heterocycles. The third kappa shape index (κ3) is 3.40. The van der Waals surface area contributed by atoms with Crippen molar-refractivity contribution in [1.29, 1.82) is 0 Å². The number of methoxy groups -OCH3 is 1. The van der Waals surface area contributed by atoms with Gasteiger partial charge in [-0.3, -0.25) is 9.08 Å². The predicted molar refractivity (Wildman–Crippen MR) is 71.4 cm³/mol. The van der Waals surface area contributed by atoms with Crippen molar-refractivity contribution < 1.29 is 26.9 Å². The van der Waals surface area contributed by atoms with Crippen LogP contribution in [0.3, 0.4) is 0 Å². The van der Waals surface area contributed by atoms with Crippen molar-refractivity contribution >= 4 is 21.9 Å². The Bertz CT molecular complexity index is 582. The maximum atomic E-state index is 11.7. The van der Waals surface area contributed by atoms with E-state index in [1.54, 1.807) is 31.4 Å². The lowest BCUT2D eigenvalue weighted by Gasteiger charge is -2.21. The molecule has 20 heavy (non-hydrogen) atoms. The number of anilines is 1. The second kappa shape index (κ2) is 5.68. The Morgan fingerprint density at radius 2 is 2.00 bits per heavy atom. The Morgan fingerprint density at radius 1 is 1.35 bits per heavy atom. The van der Waals surface area contributed by atoms with E-state index in [0.29, 0.717) is 11.4 Å². The van der Waals surface area contributed by atoms with Crippen LogP contribution >= 0.6 is 0 Å². The second-order valence-corrected chi connectivity index (χ2v) is 5.93. The van der Waals surface area contributed by atoms with Crippen LogP contribution in [0.4, 0.5) is 10.5 Å². The summed E-state index contributed by atoms with van der Waals surface area (Å²) in [6.45, 7) is -0.0585. The molecule has 1 atom stereocenters. The molecule has 7 nitrogen and oxygen atoms in total. The lowest BCUT2D eigenvalue weighted by molar-refractivity contribution is 0.175. The monoisotopic (exact) mass is 301 g/mol. The first kappa shape index (κ1) is 14.6. The fourth-order valence-electron chi connectivity index (χ4n) is 1.84. The van der Waals surface area contributed by atoms with Crippen molar-refractivity contribution in [3.63, 3.8) is 0 Å². The number of ether oxygens (including phenoxy) is 2. The normalized spacial score (nSPS) is 19.0. The van der Waals surface area contributed by atoms with E-state index in [1.807, 2.05) is 0 Å². The molecule has 0 bridgehead atoms. The Labute approximate surface area is 117 Å². The van der Waals surface area contributed by atoms with Gasteiger partial charge in [-0.15, -0.1) is 0 Å². The minimum absolute atomic E-state index is 0.0837. The van der Waals surface area contributed by atoms with Crippen molar-refractivity contribution in [3.05, 3.63) is 24.3 Å². The summed E-state index contributed by atoms with van der Waals surface area (Å²) < 4.78 is 36.7. The minimum atomic E-state index is -3.56. The van der Waals surface area contributed by atoms with E-state index < -0.39 is 22.3 Å². The highest BCUT2D eigenvalue weighted by molar-refractivity contribution is 7.85. The molecule has 8 heteroatoms. The van der Waals surface area contributed by atoms with Crippen molar-refractivity contribution in [2.24, 2.45) is 0 Å². The number of nitrogens with zero attached hydrogens (tertiary/aromatic N) is 1. The zero-order valence-corrected chi connectivity index (χ0v) is 11.9. The Balaban J connectivity index is 2.15. The zero-order valence-electron chi connectivity index (χ0n) is 11.1. The van der Waals surface area contributed by atoms with Crippen LogP contribution in [0.5, 0.6) is 5.75 Å². The molecule has 1 amide bonds. The molecular weight excluding hydrogens is 286 g/mol. The molecule has 1 aliphatic rings. The summed E-state index contributed by atoms with van der Waals surface area (Å²) in [6, 6.07) is 6.31. The number of hydrogen-bond donors (Lipinski definition) is 0. The smallest absolute Gasteiger partial charge is 0.414 e.